The highest BCUT2D eigenvalue weighted by Crippen LogP contribution is 2.46. The van der Waals surface area contributed by atoms with Gasteiger partial charge in [0.15, 0.2) is 5.78 Å². The van der Waals surface area contributed by atoms with Crippen LogP contribution in [0.4, 0.5) is 11.4 Å². The molecule has 6 heteroatoms. The highest BCUT2D eigenvalue weighted by atomic mass is 79.9. The third kappa shape index (κ3) is 5.68. The van der Waals surface area contributed by atoms with Crippen molar-refractivity contribution in [3.63, 3.8) is 0 Å². The molecule has 42 heavy (non-hydrogen) atoms. The molecule has 210 valence electrons. The first-order valence-corrected chi connectivity index (χ1v) is 14.9. The molecule has 0 fully saturated rings. The minimum atomic E-state index is -0.605. The smallest absolute Gasteiger partial charge is 0.224 e. The molecular weight excluding hydrogens is 588 g/mol. The molecular formula is C36H31BrN2O3. The fourth-order valence-electron chi connectivity index (χ4n) is 5.89. The number of halogens is 1. The number of benzene rings is 4. The molecule has 4 aromatic rings. The number of amides is 1. The summed E-state index contributed by atoms with van der Waals surface area (Å²) >= 11 is 3.81. The van der Waals surface area contributed by atoms with Gasteiger partial charge in [-0.2, -0.15) is 0 Å². The second kappa shape index (κ2) is 12.2. The van der Waals surface area contributed by atoms with Crippen molar-refractivity contribution >= 4 is 45.1 Å². The van der Waals surface area contributed by atoms with Gasteiger partial charge in [0.2, 0.25) is 5.91 Å². The largest absolute Gasteiger partial charge is 0.489 e. The van der Waals surface area contributed by atoms with E-state index >= 15 is 0 Å². The van der Waals surface area contributed by atoms with E-state index in [9.17, 15) is 9.59 Å². The average molecular weight is 620 g/mol. The molecule has 0 aromatic heterocycles. The molecule has 0 spiro atoms. The monoisotopic (exact) mass is 618 g/mol. The molecule has 1 aliphatic carbocycles. The van der Waals surface area contributed by atoms with Crippen molar-refractivity contribution in [3.05, 3.63) is 142 Å². The van der Waals surface area contributed by atoms with E-state index in [0.29, 0.717) is 25.0 Å². The van der Waals surface area contributed by atoms with Crippen LogP contribution in [0.2, 0.25) is 0 Å². The number of rotatable bonds is 6. The predicted molar refractivity (Wildman–Crippen MR) is 172 cm³/mol. The molecule has 0 radical (unpaired) electrons. The highest BCUT2D eigenvalue weighted by Gasteiger charge is 2.41. The van der Waals surface area contributed by atoms with Crippen molar-refractivity contribution in [2.75, 3.05) is 10.2 Å². The first-order valence-electron chi connectivity index (χ1n) is 14.1. The highest BCUT2D eigenvalue weighted by molar-refractivity contribution is 9.11. The van der Waals surface area contributed by atoms with Crippen LogP contribution in [-0.4, -0.2) is 17.7 Å². The number of hydrogen-bond donors (Lipinski definition) is 1. The molecule has 2 atom stereocenters. The number of carbonyl (C=O) groups excluding carboxylic acids is 2. The van der Waals surface area contributed by atoms with Gasteiger partial charge in [-0.25, -0.2) is 0 Å². The number of hydrogen-bond acceptors (Lipinski definition) is 4. The first kappa shape index (κ1) is 27.7. The molecule has 4 aromatic carbocycles. The Bertz CT molecular complexity index is 1680. The lowest BCUT2D eigenvalue weighted by molar-refractivity contribution is -0.117. The normalized spacial score (nSPS) is 18.5. The number of fused-ring (bicyclic) bond motifs is 1. The number of nitrogens with zero attached hydrogens (tertiary/aromatic N) is 1. The quantitative estimate of drug-likeness (QED) is 0.236. The molecule has 0 saturated heterocycles. The maximum Gasteiger partial charge on any atom is 0.224 e. The lowest BCUT2D eigenvalue weighted by Gasteiger charge is -2.34. The average Bonchev–Trinajstić information content (AvgIpc) is 3.16. The molecule has 0 bridgehead atoms. The van der Waals surface area contributed by atoms with Crippen LogP contribution < -0.4 is 15.0 Å². The van der Waals surface area contributed by atoms with Gasteiger partial charge in [0.1, 0.15) is 12.4 Å². The summed E-state index contributed by atoms with van der Waals surface area (Å²) in [5, 5.41) is 3.58. The summed E-state index contributed by atoms with van der Waals surface area (Å²) in [6, 6.07) is 35.1. The van der Waals surface area contributed by atoms with Crippen LogP contribution in [0.1, 0.15) is 42.4 Å². The maximum absolute atomic E-state index is 14.2. The zero-order valence-corrected chi connectivity index (χ0v) is 24.9. The van der Waals surface area contributed by atoms with Crippen molar-refractivity contribution in [1.29, 1.82) is 0 Å². The second-order valence-electron chi connectivity index (χ2n) is 10.6. The lowest BCUT2D eigenvalue weighted by atomic mass is 9.79. The Morgan fingerprint density at radius 1 is 0.905 bits per heavy atom. The third-order valence-electron chi connectivity index (χ3n) is 7.79. The summed E-state index contributed by atoms with van der Waals surface area (Å²) in [5.41, 5.74) is 6.04. The van der Waals surface area contributed by atoms with Gasteiger partial charge in [-0.1, -0.05) is 107 Å². The number of nitrogens with one attached hydrogen (secondary N) is 1. The van der Waals surface area contributed by atoms with E-state index in [2.05, 4.69) is 27.3 Å². The van der Waals surface area contributed by atoms with E-state index in [1.807, 2.05) is 109 Å². The Morgan fingerprint density at radius 2 is 1.57 bits per heavy atom. The van der Waals surface area contributed by atoms with Gasteiger partial charge < -0.3 is 10.1 Å². The standard InChI is InChI=1S/C36H31BrN2O3/c1-24(40)39-32-18-10-9-17-30(32)38-31-21-27(28-16-8-11-19-34(28)42-23-26-14-6-3-7-15-26)22-33(41)35(31)36(39)29(37)20-25-12-4-2-5-13-25/h2-20,27,36,38H,21-23H2,1H3/b29-20-/t27-,36-/m0/s1. The molecule has 1 heterocycles. The fraction of sp³-hybridized carbons (Fsp3) is 0.167. The van der Waals surface area contributed by atoms with E-state index in [-0.39, 0.29) is 17.6 Å². The van der Waals surface area contributed by atoms with Gasteiger partial charge in [0.25, 0.3) is 0 Å². The molecule has 6 rings (SSSR count). The molecule has 1 N–H and O–H groups in total. The summed E-state index contributed by atoms with van der Waals surface area (Å²) in [6.07, 6.45) is 2.91. The number of carbonyl (C=O) groups is 2. The van der Waals surface area contributed by atoms with E-state index in [1.54, 1.807) is 11.8 Å². The lowest BCUT2D eigenvalue weighted by Crippen LogP contribution is -2.43. The minimum Gasteiger partial charge on any atom is -0.489 e. The number of Topliss-reactive ketones (excluding diaryl/α,β-unsaturated/α-hetero) is 1. The van der Waals surface area contributed by atoms with Gasteiger partial charge >= 0.3 is 0 Å². The van der Waals surface area contributed by atoms with E-state index in [4.69, 9.17) is 4.74 Å². The van der Waals surface area contributed by atoms with Crippen LogP contribution in [0, 0.1) is 0 Å². The summed E-state index contributed by atoms with van der Waals surface area (Å²) in [4.78, 5) is 29.2. The minimum absolute atomic E-state index is 0.00841. The zero-order valence-electron chi connectivity index (χ0n) is 23.3. The maximum atomic E-state index is 14.2. The molecule has 1 aliphatic heterocycles. The topological polar surface area (TPSA) is 58.6 Å². The molecule has 0 saturated carbocycles. The Hall–Kier alpha value is -4.42. The number of allylic oxidation sites excluding steroid dienone is 1. The summed E-state index contributed by atoms with van der Waals surface area (Å²) < 4.78 is 7.03. The van der Waals surface area contributed by atoms with Crippen molar-refractivity contribution in [2.45, 2.75) is 38.3 Å². The van der Waals surface area contributed by atoms with Crippen LogP contribution >= 0.6 is 15.9 Å². The third-order valence-corrected chi connectivity index (χ3v) is 8.45. The van der Waals surface area contributed by atoms with Gasteiger partial charge in [-0.3, -0.25) is 14.5 Å². The Kier molecular flexibility index (Phi) is 8.06. The molecule has 0 unspecified atom stereocenters. The Balaban J connectivity index is 1.41. The van der Waals surface area contributed by atoms with E-state index in [0.717, 1.165) is 44.0 Å². The van der Waals surface area contributed by atoms with Crippen LogP contribution in [0.25, 0.3) is 6.08 Å². The summed E-state index contributed by atoms with van der Waals surface area (Å²) in [6.45, 7) is 2.00. The number of ketones is 1. The van der Waals surface area contributed by atoms with Crippen molar-refractivity contribution in [3.8, 4) is 5.75 Å². The Labute approximate surface area is 254 Å². The van der Waals surface area contributed by atoms with Gasteiger partial charge in [0, 0.05) is 35.0 Å². The SMILES string of the molecule is CC(=O)N1c2ccccc2NC2=C(C(=O)C[C@@H](c3ccccc3OCc3ccccc3)C2)[C@@H]1/C(Br)=C/c1ccccc1. The van der Waals surface area contributed by atoms with Crippen molar-refractivity contribution in [1.82, 2.24) is 0 Å². The Morgan fingerprint density at radius 3 is 2.33 bits per heavy atom. The van der Waals surface area contributed by atoms with Gasteiger partial charge in [0.05, 0.1) is 17.4 Å². The van der Waals surface area contributed by atoms with Crippen LogP contribution in [-0.2, 0) is 16.2 Å². The van der Waals surface area contributed by atoms with Crippen molar-refractivity contribution < 1.29 is 14.3 Å². The van der Waals surface area contributed by atoms with E-state index in [1.165, 1.54) is 0 Å². The fourth-order valence-corrected chi connectivity index (χ4v) is 6.59. The molecule has 2 aliphatic rings. The van der Waals surface area contributed by atoms with Crippen LogP contribution in [0.3, 0.4) is 0 Å². The molecule has 5 nitrogen and oxygen atoms in total. The van der Waals surface area contributed by atoms with E-state index < -0.39 is 6.04 Å². The predicted octanol–water partition coefficient (Wildman–Crippen LogP) is 8.25. The van der Waals surface area contributed by atoms with Crippen LogP contribution in [0.5, 0.6) is 5.75 Å². The number of para-hydroxylation sites is 3. The summed E-state index contributed by atoms with van der Waals surface area (Å²) in [7, 11) is 0. The van der Waals surface area contributed by atoms with Gasteiger partial charge in [-0.05, 0) is 47.4 Å². The van der Waals surface area contributed by atoms with Gasteiger partial charge in [-0.15, -0.1) is 0 Å². The summed E-state index contributed by atoms with van der Waals surface area (Å²) in [5.74, 6) is 0.568. The number of ether oxygens (including phenoxy) is 1. The first-order chi connectivity index (χ1) is 20.5. The van der Waals surface area contributed by atoms with Crippen LogP contribution in [0.15, 0.2) is 125 Å². The van der Waals surface area contributed by atoms with Crippen molar-refractivity contribution in [2.24, 2.45) is 0 Å². The number of anilines is 2. The zero-order chi connectivity index (χ0) is 29.1. The second-order valence-corrected chi connectivity index (χ2v) is 11.5. The molecule has 1 amide bonds.